The average molecular weight is 342 g/mol. The van der Waals surface area contributed by atoms with Gasteiger partial charge in [-0.2, -0.15) is 0 Å². The van der Waals surface area contributed by atoms with Crippen LogP contribution in [0.2, 0.25) is 0 Å². The van der Waals surface area contributed by atoms with Crippen LogP contribution in [0.1, 0.15) is 29.5 Å². The maximum absolute atomic E-state index is 9.76. The first-order valence-electron chi connectivity index (χ1n) is 7.24. The summed E-state index contributed by atoms with van der Waals surface area (Å²) < 4.78 is 1.11. The Morgan fingerprint density at radius 3 is 2.71 bits per heavy atom. The molecule has 1 aliphatic carbocycles. The Labute approximate surface area is 132 Å². The molecule has 3 heteroatoms. The first-order valence-corrected chi connectivity index (χ1v) is 8.03. The molecule has 1 aliphatic heterocycles. The van der Waals surface area contributed by atoms with Crippen molar-refractivity contribution in [3.05, 3.63) is 70.2 Å². The molecular weight excluding hydrogens is 326 g/mol. The van der Waals surface area contributed by atoms with Crippen LogP contribution >= 0.6 is 15.9 Å². The standard InChI is InChI=1S/C18H16BrNO/c19-12-6-4-11(5-7-12)18-15-3-1-2-14(15)16-10-13(21)8-9-17(16)20-18/h1-2,4-10,14-15,18,20-21H,3H2. The van der Waals surface area contributed by atoms with Crippen LogP contribution in [0.25, 0.3) is 0 Å². The van der Waals surface area contributed by atoms with E-state index in [4.69, 9.17) is 0 Å². The van der Waals surface area contributed by atoms with Gasteiger partial charge in [0.25, 0.3) is 0 Å². The predicted molar refractivity (Wildman–Crippen MR) is 88.6 cm³/mol. The molecule has 2 N–H and O–H groups in total. The second-order valence-electron chi connectivity index (χ2n) is 5.80. The molecule has 0 radical (unpaired) electrons. The number of rotatable bonds is 1. The smallest absolute Gasteiger partial charge is 0.116 e. The molecule has 21 heavy (non-hydrogen) atoms. The van der Waals surface area contributed by atoms with E-state index in [1.165, 1.54) is 11.1 Å². The first kappa shape index (κ1) is 13.0. The van der Waals surface area contributed by atoms with Crippen molar-refractivity contribution in [1.82, 2.24) is 0 Å². The van der Waals surface area contributed by atoms with Crippen molar-refractivity contribution >= 4 is 21.6 Å². The van der Waals surface area contributed by atoms with Crippen molar-refractivity contribution in [3.8, 4) is 5.75 Å². The number of halogens is 1. The van der Waals surface area contributed by atoms with Crippen LogP contribution in [0.15, 0.2) is 59.1 Å². The molecule has 0 fully saturated rings. The number of nitrogens with one attached hydrogen (secondary N) is 1. The van der Waals surface area contributed by atoms with Gasteiger partial charge in [-0.25, -0.2) is 0 Å². The molecule has 106 valence electrons. The molecule has 0 amide bonds. The number of phenolic OH excluding ortho intramolecular Hbond substituents is 1. The van der Waals surface area contributed by atoms with Crippen molar-refractivity contribution in [1.29, 1.82) is 0 Å². The summed E-state index contributed by atoms with van der Waals surface area (Å²) in [5.74, 6) is 1.25. The summed E-state index contributed by atoms with van der Waals surface area (Å²) in [4.78, 5) is 0. The molecule has 0 saturated heterocycles. The maximum atomic E-state index is 9.76. The lowest BCUT2D eigenvalue weighted by Gasteiger charge is -2.37. The number of aromatic hydroxyl groups is 1. The zero-order valence-corrected chi connectivity index (χ0v) is 13.0. The Kier molecular flexibility index (Phi) is 3.03. The van der Waals surface area contributed by atoms with E-state index >= 15 is 0 Å². The number of phenols is 1. The van der Waals surface area contributed by atoms with E-state index in [9.17, 15) is 5.11 Å². The lowest BCUT2D eigenvalue weighted by molar-refractivity contribution is 0.421. The maximum Gasteiger partial charge on any atom is 0.116 e. The minimum absolute atomic E-state index is 0.315. The van der Waals surface area contributed by atoms with E-state index in [0.717, 1.165) is 16.6 Å². The number of benzene rings is 2. The average Bonchev–Trinajstić information content (AvgIpc) is 2.97. The van der Waals surface area contributed by atoms with Crippen molar-refractivity contribution in [2.45, 2.75) is 18.4 Å². The highest BCUT2D eigenvalue weighted by Crippen LogP contribution is 2.50. The zero-order valence-electron chi connectivity index (χ0n) is 11.5. The van der Waals surface area contributed by atoms with Crippen LogP contribution in [0.4, 0.5) is 5.69 Å². The third-order valence-electron chi connectivity index (χ3n) is 4.58. The first-order chi connectivity index (χ1) is 10.2. The Bertz CT molecular complexity index is 708. The Morgan fingerprint density at radius 2 is 1.90 bits per heavy atom. The van der Waals surface area contributed by atoms with Gasteiger partial charge in [0.2, 0.25) is 0 Å². The predicted octanol–water partition coefficient (Wildman–Crippen LogP) is 4.98. The summed E-state index contributed by atoms with van der Waals surface area (Å²) in [7, 11) is 0. The molecule has 2 aromatic carbocycles. The third kappa shape index (κ3) is 2.16. The Hall–Kier alpha value is -1.74. The van der Waals surface area contributed by atoms with Crippen molar-refractivity contribution in [2.75, 3.05) is 5.32 Å². The number of hydrogen-bond acceptors (Lipinski definition) is 2. The van der Waals surface area contributed by atoms with Gasteiger partial charge in [0.15, 0.2) is 0 Å². The summed E-state index contributed by atoms with van der Waals surface area (Å²) in [6.07, 6.45) is 5.63. The normalized spacial score (nSPS) is 26.0. The van der Waals surface area contributed by atoms with Crippen LogP contribution in [-0.4, -0.2) is 5.11 Å². The summed E-state index contributed by atoms with van der Waals surface area (Å²) in [5.41, 5.74) is 3.66. The SMILES string of the molecule is Oc1ccc2c(c1)C1C=CCC1C(c1ccc(Br)cc1)N2. The highest BCUT2D eigenvalue weighted by atomic mass is 79.9. The van der Waals surface area contributed by atoms with E-state index < -0.39 is 0 Å². The van der Waals surface area contributed by atoms with Crippen LogP contribution in [0.5, 0.6) is 5.75 Å². The van der Waals surface area contributed by atoms with Crippen LogP contribution < -0.4 is 5.32 Å². The number of hydrogen-bond donors (Lipinski definition) is 2. The fraction of sp³-hybridized carbons (Fsp3) is 0.222. The molecule has 2 aliphatic rings. The van der Waals surface area contributed by atoms with Crippen molar-refractivity contribution in [2.24, 2.45) is 5.92 Å². The van der Waals surface area contributed by atoms with Gasteiger partial charge in [-0.1, -0.05) is 40.2 Å². The molecule has 3 atom stereocenters. The van der Waals surface area contributed by atoms with E-state index in [2.05, 4.69) is 57.7 Å². The summed E-state index contributed by atoms with van der Waals surface area (Å²) in [5, 5.41) is 13.4. The van der Waals surface area contributed by atoms with Gasteiger partial charge in [-0.3, -0.25) is 0 Å². The fourth-order valence-corrected chi connectivity index (χ4v) is 3.85. The second kappa shape index (κ2) is 4.92. The van der Waals surface area contributed by atoms with Gasteiger partial charge in [-0.15, -0.1) is 0 Å². The number of anilines is 1. The molecular formula is C18H16BrNO. The molecule has 4 rings (SSSR count). The largest absolute Gasteiger partial charge is 0.508 e. The molecule has 2 aromatic rings. The highest BCUT2D eigenvalue weighted by Gasteiger charge is 2.37. The molecule has 1 heterocycles. The molecule has 0 spiro atoms. The number of fused-ring (bicyclic) bond motifs is 3. The lowest BCUT2D eigenvalue weighted by Crippen LogP contribution is -2.28. The highest BCUT2D eigenvalue weighted by molar-refractivity contribution is 9.10. The minimum atomic E-state index is 0.315. The number of allylic oxidation sites excluding steroid dienone is 2. The molecule has 0 aromatic heterocycles. The summed E-state index contributed by atoms with van der Waals surface area (Å²) in [6.45, 7) is 0. The summed E-state index contributed by atoms with van der Waals surface area (Å²) >= 11 is 3.50. The molecule has 0 bridgehead atoms. The van der Waals surface area contributed by atoms with Gasteiger partial charge in [0.05, 0.1) is 6.04 Å². The quantitative estimate of drug-likeness (QED) is 0.566. The van der Waals surface area contributed by atoms with Gasteiger partial charge >= 0.3 is 0 Å². The Morgan fingerprint density at radius 1 is 1.10 bits per heavy atom. The molecule has 2 nitrogen and oxygen atoms in total. The van der Waals surface area contributed by atoms with Crippen molar-refractivity contribution in [3.63, 3.8) is 0 Å². The molecule has 3 unspecified atom stereocenters. The summed E-state index contributed by atoms with van der Waals surface area (Å²) in [6, 6.07) is 14.5. The van der Waals surface area contributed by atoms with Gasteiger partial charge < -0.3 is 10.4 Å². The van der Waals surface area contributed by atoms with Crippen LogP contribution in [0.3, 0.4) is 0 Å². The van der Waals surface area contributed by atoms with Crippen molar-refractivity contribution < 1.29 is 5.11 Å². The lowest BCUT2D eigenvalue weighted by atomic mass is 9.77. The Balaban J connectivity index is 1.78. The monoisotopic (exact) mass is 341 g/mol. The van der Waals surface area contributed by atoms with E-state index in [0.29, 0.717) is 23.6 Å². The van der Waals surface area contributed by atoms with E-state index in [1.807, 2.05) is 12.1 Å². The van der Waals surface area contributed by atoms with Gasteiger partial charge in [0.1, 0.15) is 5.75 Å². The minimum Gasteiger partial charge on any atom is -0.508 e. The van der Waals surface area contributed by atoms with Crippen LogP contribution in [0, 0.1) is 5.92 Å². The van der Waals surface area contributed by atoms with Crippen LogP contribution in [-0.2, 0) is 0 Å². The topological polar surface area (TPSA) is 32.3 Å². The fourth-order valence-electron chi connectivity index (χ4n) is 3.58. The third-order valence-corrected chi connectivity index (χ3v) is 5.10. The van der Waals surface area contributed by atoms with E-state index in [1.54, 1.807) is 6.07 Å². The van der Waals surface area contributed by atoms with Gasteiger partial charge in [-0.05, 0) is 53.8 Å². The van der Waals surface area contributed by atoms with Gasteiger partial charge in [0, 0.05) is 16.1 Å². The van der Waals surface area contributed by atoms with E-state index in [-0.39, 0.29) is 0 Å². The zero-order chi connectivity index (χ0) is 14.4. The second-order valence-corrected chi connectivity index (χ2v) is 6.71. The molecule has 0 saturated carbocycles.